The lowest BCUT2D eigenvalue weighted by Gasteiger charge is -2.37. The number of hydrogen-bond acceptors (Lipinski definition) is 3. The highest BCUT2D eigenvalue weighted by Gasteiger charge is 2.38. The fourth-order valence-electron chi connectivity index (χ4n) is 9.61. The van der Waals surface area contributed by atoms with E-state index in [0.29, 0.717) is 17.5 Å². The Labute approximate surface area is 373 Å². The molecule has 0 fully saturated rings. The van der Waals surface area contributed by atoms with Crippen LogP contribution in [0.25, 0.3) is 72.8 Å². The molecule has 0 aliphatic rings. The van der Waals surface area contributed by atoms with E-state index >= 15 is 0 Å². The molecule has 0 aliphatic carbocycles. The zero-order chi connectivity index (χ0) is 43.0. The lowest BCUT2D eigenvalue weighted by molar-refractivity contribution is 0.745. The van der Waals surface area contributed by atoms with Gasteiger partial charge < -0.3 is 4.57 Å². The van der Waals surface area contributed by atoms with E-state index in [1.165, 1.54) is 44.2 Å². The summed E-state index contributed by atoms with van der Waals surface area (Å²) in [6.45, 7) is 4.34. The predicted octanol–water partition coefficient (Wildman–Crippen LogP) is 14.6. The van der Waals surface area contributed by atoms with Crippen molar-refractivity contribution in [2.45, 2.75) is 19.3 Å². The third-order valence-corrected chi connectivity index (χ3v) is 12.5. The van der Waals surface area contributed by atoms with E-state index in [1.54, 1.807) is 0 Å². The first kappa shape index (κ1) is 38.7. The fourth-order valence-corrected chi connectivity index (χ4v) is 9.61. The van der Waals surface area contributed by atoms with Gasteiger partial charge in [-0.05, 0) is 72.0 Å². The molecule has 0 unspecified atom stereocenters. The van der Waals surface area contributed by atoms with Gasteiger partial charge in [0.05, 0.1) is 22.1 Å². The Balaban J connectivity index is 1.21. The van der Waals surface area contributed by atoms with Crippen molar-refractivity contribution >= 4 is 21.8 Å². The van der Waals surface area contributed by atoms with Gasteiger partial charge in [0.25, 0.3) is 0 Å². The van der Waals surface area contributed by atoms with Crippen LogP contribution in [0.3, 0.4) is 0 Å². The summed E-state index contributed by atoms with van der Waals surface area (Å²) in [4.78, 5) is 15.7. The highest BCUT2D eigenvalue weighted by atomic mass is 15.0. The first-order chi connectivity index (χ1) is 31.6. The monoisotopic (exact) mass is 820 g/mol. The van der Waals surface area contributed by atoms with E-state index in [9.17, 15) is 0 Å². The molecule has 4 heteroatoms. The minimum absolute atomic E-state index is 0.587. The normalized spacial score (nSPS) is 11.6. The molecule has 0 saturated carbocycles. The van der Waals surface area contributed by atoms with E-state index in [4.69, 9.17) is 15.0 Å². The molecule has 0 radical (unpaired) electrons. The molecule has 0 amide bonds. The number of nitrogens with zero attached hydrogens (tertiary/aromatic N) is 4. The van der Waals surface area contributed by atoms with Crippen molar-refractivity contribution in [3.8, 4) is 51.0 Å². The first-order valence-electron chi connectivity index (χ1n) is 21.9. The van der Waals surface area contributed by atoms with Crippen LogP contribution in [0.5, 0.6) is 0 Å². The Bertz CT molecular complexity index is 3200. The van der Waals surface area contributed by atoms with Crippen LogP contribution in [0.15, 0.2) is 231 Å². The second kappa shape index (κ2) is 16.2. The quantitative estimate of drug-likeness (QED) is 0.136. The smallest absolute Gasteiger partial charge is 0.164 e. The Kier molecular flexibility index (Phi) is 9.82. The van der Waals surface area contributed by atoms with Gasteiger partial charge in [-0.15, -0.1) is 0 Å². The zero-order valence-corrected chi connectivity index (χ0v) is 35.7. The molecule has 11 aromatic rings. The summed E-state index contributed by atoms with van der Waals surface area (Å²) < 4.78 is 2.43. The maximum atomic E-state index is 5.30. The van der Waals surface area contributed by atoms with Crippen LogP contribution in [-0.4, -0.2) is 19.5 Å². The number of benzene rings is 9. The van der Waals surface area contributed by atoms with E-state index in [-0.39, 0.29) is 0 Å². The average Bonchev–Trinajstić information content (AvgIpc) is 3.67. The Hall–Kier alpha value is -8.21. The van der Waals surface area contributed by atoms with Crippen LogP contribution < -0.4 is 0 Å². The maximum absolute atomic E-state index is 5.30. The van der Waals surface area contributed by atoms with E-state index in [0.717, 1.165) is 44.5 Å². The van der Waals surface area contributed by atoms with Gasteiger partial charge in [0.2, 0.25) is 0 Å². The van der Waals surface area contributed by atoms with Crippen molar-refractivity contribution in [1.29, 1.82) is 0 Å². The van der Waals surface area contributed by atoms with Crippen molar-refractivity contribution in [1.82, 2.24) is 19.5 Å². The standard InChI is InChI=1S/C60H44N4/c1-41-31-37-53-51(39-41)52-40-42(2)32-38-54(52)64(53)55-30-18-29-50(59-62-57(44-19-8-3-9-20-44)61-58(63-59)45-21-10-4-11-22-45)56(55)43-33-35-49(36-34-43)60(46-23-12-5-13-24-46,47-25-14-6-15-26-47)48-27-16-7-17-28-48/h3-40H,1-2H3. The van der Waals surface area contributed by atoms with Crippen LogP contribution in [0.4, 0.5) is 0 Å². The fraction of sp³-hybridized carbons (Fsp3) is 0.0500. The molecule has 0 spiro atoms. The molecule has 64 heavy (non-hydrogen) atoms. The van der Waals surface area contributed by atoms with Crippen LogP contribution in [-0.2, 0) is 5.41 Å². The SMILES string of the molecule is Cc1ccc2c(c1)c1cc(C)ccc1n2-c1cccc(-c2nc(-c3ccccc3)nc(-c3ccccc3)n2)c1-c1ccc(C(c2ccccc2)(c2ccccc2)c2ccccc2)cc1. The summed E-state index contributed by atoms with van der Waals surface area (Å²) in [5.74, 6) is 1.85. The van der Waals surface area contributed by atoms with Gasteiger partial charge in [-0.3, -0.25) is 0 Å². The van der Waals surface area contributed by atoms with Crippen molar-refractivity contribution in [2.75, 3.05) is 0 Å². The molecule has 9 aromatic carbocycles. The summed E-state index contributed by atoms with van der Waals surface area (Å²) in [5.41, 5.74) is 14.8. The summed E-state index contributed by atoms with van der Waals surface area (Å²) in [7, 11) is 0. The molecule has 11 rings (SSSR count). The number of rotatable bonds is 9. The Morgan fingerprint density at radius 1 is 0.344 bits per heavy atom. The second-order valence-corrected chi connectivity index (χ2v) is 16.5. The van der Waals surface area contributed by atoms with Crippen molar-refractivity contribution in [3.05, 3.63) is 264 Å². The minimum atomic E-state index is -0.587. The van der Waals surface area contributed by atoms with Gasteiger partial charge in [-0.1, -0.05) is 211 Å². The molecule has 0 aliphatic heterocycles. The molecular formula is C60H44N4. The van der Waals surface area contributed by atoms with Crippen LogP contribution in [0, 0.1) is 13.8 Å². The third-order valence-electron chi connectivity index (χ3n) is 12.5. The molecule has 0 N–H and O–H groups in total. The highest BCUT2D eigenvalue weighted by Crippen LogP contribution is 2.47. The van der Waals surface area contributed by atoms with Crippen LogP contribution in [0.1, 0.15) is 33.4 Å². The topological polar surface area (TPSA) is 43.6 Å². The molecule has 2 heterocycles. The minimum Gasteiger partial charge on any atom is -0.309 e. The predicted molar refractivity (Wildman–Crippen MR) is 264 cm³/mol. The number of aromatic nitrogens is 4. The van der Waals surface area contributed by atoms with Crippen molar-refractivity contribution in [3.63, 3.8) is 0 Å². The van der Waals surface area contributed by atoms with Gasteiger partial charge in [-0.2, -0.15) is 0 Å². The number of hydrogen-bond donors (Lipinski definition) is 0. The molecular weight excluding hydrogens is 777 g/mol. The van der Waals surface area contributed by atoms with Crippen molar-refractivity contribution in [2.24, 2.45) is 0 Å². The van der Waals surface area contributed by atoms with Crippen molar-refractivity contribution < 1.29 is 0 Å². The first-order valence-corrected chi connectivity index (χ1v) is 21.9. The lowest BCUT2D eigenvalue weighted by Crippen LogP contribution is -2.30. The Morgan fingerprint density at radius 3 is 1.20 bits per heavy atom. The van der Waals surface area contributed by atoms with E-state index in [2.05, 4.69) is 213 Å². The molecule has 4 nitrogen and oxygen atoms in total. The molecule has 0 bridgehead atoms. The lowest BCUT2D eigenvalue weighted by atomic mass is 9.65. The van der Waals surface area contributed by atoms with Crippen LogP contribution >= 0.6 is 0 Å². The van der Waals surface area contributed by atoms with E-state index < -0.39 is 5.41 Å². The Morgan fingerprint density at radius 2 is 0.750 bits per heavy atom. The van der Waals surface area contributed by atoms with Gasteiger partial charge >= 0.3 is 0 Å². The summed E-state index contributed by atoms with van der Waals surface area (Å²) in [6, 6.07) is 82.4. The summed E-state index contributed by atoms with van der Waals surface area (Å²) in [6.07, 6.45) is 0. The molecule has 0 atom stereocenters. The van der Waals surface area contributed by atoms with Gasteiger partial charge in [-0.25, -0.2) is 15.0 Å². The molecule has 2 aromatic heterocycles. The average molecular weight is 821 g/mol. The van der Waals surface area contributed by atoms with E-state index in [1.807, 2.05) is 36.4 Å². The number of fused-ring (bicyclic) bond motifs is 3. The number of aryl methyl sites for hydroxylation is 2. The zero-order valence-electron chi connectivity index (χ0n) is 35.7. The molecule has 304 valence electrons. The largest absolute Gasteiger partial charge is 0.309 e. The molecule has 0 saturated heterocycles. The third kappa shape index (κ3) is 6.68. The summed E-state index contributed by atoms with van der Waals surface area (Å²) in [5, 5.41) is 2.45. The highest BCUT2D eigenvalue weighted by molar-refractivity contribution is 6.10. The maximum Gasteiger partial charge on any atom is 0.164 e. The second-order valence-electron chi connectivity index (χ2n) is 16.5. The van der Waals surface area contributed by atoms with Gasteiger partial charge in [0, 0.05) is 33.0 Å². The van der Waals surface area contributed by atoms with Crippen LogP contribution in [0.2, 0.25) is 0 Å². The summed E-state index contributed by atoms with van der Waals surface area (Å²) >= 11 is 0. The van der Waals surface area contributed by atoms with Gasteiger partial charge in [0.15, 0.2) is 17.5 Å². The van der Waals surface area contributed by atoms with Gasteiger partial charge in [0.1, 0.15) is 0 Å².